The second-order valence-electron chi connectivity index (χ2n) is 4.94. The summed E-state index contributed by atoms with van der Waals surface area (Å²) in [6.07, 6.45) is 10.5. The first-order valence-electron chi connectivity index (χ1n) is 5.94. The molecule has 1 heterocycles. The largest absolute Gasteiger partial charge is 0.311 e. The molecule has 1 saturated heterocycles. The minimum atomic E-state index is 0.818. The van der Waals surface area contributed by atoms with Crippen molar-refractivity contribution < 1.29 is 0 Å². The maximum atomic E-state index is 3.88. The number of thioether (sulfide) groups is 1. The second kappa shape index (κ2) is 3.90. The summed E-state index contributed by atoms with van der Waals surface area (Å²) < 4.78 is 0. The number of fused-ring (bicyclic) bond motifs is 2. The molecule has 78 valence electrons. The summed E-state index contributed by atoms with van der Waals surface area (Å²) in [4.78, 5) is 0. The van der Waals surface area contributed by atoms with Crippen molar-refractivity contribution in [3.05, 3.63) is 12.2 Å². The zero-order valence-corrected chi connectivity index (χ0v) is 9.43. The van der Waals surface area contributed by atoms with Gasteiger partial charge in [-0.1, -0.05) is 12.2 Å². The molecule has 0 aromatic carbocycles. The Hall–Kier alpha value is 0.0500. The van der Waals surface area contributed by atoms with Crippen LogP contribution in [0.15, 0.2) is 12.2 Å². The van der Waals surface area contributed by atoms with Crippen LogP contribution in [0.4, 0.5) is 0 Å². The molecule has 0 amide bonds. The fraction of sp³-hybridized carbons (Fsp3) is 0.833. The summed E-state index contributed by atoms with van der Waals surface area (Å²) >= 11 is 2.12. The maximum absolute atomic E-state index is 3.88. The van der Waals surface area contributed by atoms with Crippen molar-refractivity contribution in [3.8, 4) is 0 Å². The normalized spacial score (nSPS) is 42.1. The molecule has 3 aliphatic rings. The van der Waals surface area contributed by atoms with Gasteiger partial charge in [0.1, 0.15) is 0 Å². The van der Waals surface area contributed by atoms with E-state index in [0.29, 0.717) is 0 Å². The van der Waals surface area contributed by atoms with Gasteiger partial charge in [-0.15, -0.1) is 0 Å². The first-order valence-corrected chi connectivity index (χ1v) is 7.09. The molecule has 14 heavy (non-hydrogen) atoms. The molecule has 0 aromatic heterocycles. The summed E-state index contributed by atoms with van der Waals surface area (Å²) in [6.45, 7) is 0. The minimum Gasteiger partial charge on any atom is -0.311 e. The number of hydrogen-bond acceptors (Lipinski definition) is 2. The third-order valence-electron chi connectivity index (χ3n) is 3.95. The van der Waals surface area contributed by atoms with Crippen molar-refractivity contribution in [1.82, 2.24) is 5.32 Å². The van der Waals surface area contributed by atoms with Gasteiger partial charge in [-0.2, -0.15) is 11.8 Å². The number of hydrogen-bond donors (Lipinski definition) is 1. The summed E-state index contributed by atoms with van der Waals surface area (Å²) in [5.74, 6) is 4.52. The lowest BCUT2D eigenvalue weighted by atomic mass is 9.99. The fourth-order valence-electron chi connectivity index (χ4n) is 3.14. The van der Waals surface area contributed by atoms with E-state index in [0.717, 1.165) is 23.9 Å². The van der Waals surface area contributed by atoms with Crippen molar-refractivity contribution >= 4 is 11.8 Å². The van der Waals surface area contributed by atoms with Crippen molar-refractivity contribution in [1.29, 1.82) is 0 Å². The van der Waals surface area contributed by atoms with E-state index < -0.39 is 0 Å². The Bertz CT molecular complexity index is 232. The van der Waals surface area contributed by atoms with Crippen molar-refractivity contribution in [2.75, 3.05) is 11.5 Å². The predicted octanol–water partition coefficient (Wildman–Crippen LogP) is 2.44. The van der Waals surface area contributed by atoms with Gasteiger partial charge in [-0.3, -0.25) is 0 Å². The Labute approximate surface area is 90.7 Å². The SMILES string of the molecule is C1=C[C@H]2C[C@@H]1CC2NC1CCSCC1. The molecule has 2 bridgehead atoms. The topological polar surface area (TPSA) is 12.0 Å². The average molecular weight is 209 g/mol. The van der Waals surface area contributed by atoms with E-state index in [-0.39, 0.29) is 0 Å². The van der Waals surface area contributed by atoms with E-state index in [2.05, 4.69) is 29.2 Å². The van der Waals surface area contributed by atoms with Gasteiger partial charge in [-0.05, 0) is 49.0 Å². The van der Waals surface area contributed by atoms with Crippen LogP contribution in [0.1, 0.15) is 25.7 Å². The summed E-state index contributed by atoms with van der Waals surface area (Å²) in [7, 11) is 0. The van der Waals surface area contributed by atoms with Crippen LogP contribution in [-0.4, -0.2) is 23.6 Å². The van der Waals surface area contributed by atoms with Crippen LogP contribution in [0.3, 0.4) is 0 Å². The van der Waals surface area contributed by atoms with E-state index in [4.69, 9.17) is 0 Å². The van der Waals surface area contributed by atoms with Crippen LogP contribution >= 0.6 is 11.8 Å². The molecule has 0 aromatic rings. The maximum Gasteiger partial charge on any atom is 0.0138 e. The highest BCUT2D eigenvalue weighted by Gasteiger charge is 2.36. The molecule has 1 N–H and O–H groups in total. The molecular formula is C12H19NS. The van der Waals surface area contributed by atoms with Crippen LogP contribution in [0.5, 0.6) is 0 Å². The molecular weight excluding hydrogens is 190 g/mol. The van der Waals surface area contributed by atoms with Gasteiger partial charge in [0.15, 0.2) is 0 Å². The van der Waals surface area contributed by atoms with Gasteiger partial charge in [0.05, 0.1) is 0 Å². The van der Waals surface area contributed by atoms with Crippen molar-refractivity contribution in [3.63, 3.8) is 0 Å². The number of allylic oxidation sites excluding steroid dienone is 1. The van der Waals surface area contributed by atoms with Crippen molar-refractivity contribution in [2.24, 2.45) is 11.8 Å². The molecule has 2 heteroatoms. The molecule has 1 nitrogen and oxygen atoms in total. The Morgan fingerprint density at radius 2 is 1.93 bits per heavy atom. The Morgan fingerprint density at radius 3 is 2.57 bits per heavy atom. The van der Waals surface area contributed by atoms with Crippen LogP contribution < -0.4 is 5.32 Å². The van der Waals surface area contributed by atoms with Gasteiger partial charge >= 0.3 is 0 Å². The summed E-state index contributed by atoms with van der Waals surface area (Å²) in [5.41, 5.74) is 0. The molecule has 2 fully saturated rings. The van der Waals surface area contributed by atoms with E-state index >= 15 is 0 Å². The first-order chi connectivity index (χ1) is 6.92. The highest BCUT2D eigenvalue weighted by atomic mass is 32.2. The van der Waals surface area contributed by atoms with E-state index in [1.807, 2.05) is 0 Å². The van der Waals surface area contributed by atoms with E-state index in [1.165, 1.54) is 37.2 Å². The highest BCUT2D eigenvalue weighted by Crippen LogP contribution is 2.39. The second-order valence-corrected chi connectivity index (χ2v) is 6.16. The average Bonchev–Trinajstić information content (AvgIpc) is 2.81. The third-order valence-corrected chi connectivity index (χ3v) is 5.00. The first kappa shape index (κ1) is 9.29. The molecule has 1 saturated carbocycles. The zero-order chi connectivity index (χ0) is 9.38. The zero-order valence-electron chi connectivity index (χ0n) is 8.61. The minimum absolute atomic E-state index is 0.818. The van der Waals surface area contributed by atoms with Gasteiger partial charge in [0.2, 0.25) is 0 Å². The Balaban J connectivity index is 1.54. The monoisotopic (exact) mass is 209 g/mol. The number of rotatable bonds is 2. The molecule has 1 unspecified atom stereocenters. The molecule has 3 rings (SSSR count). The summed E-state index contributed by atoms with van der Waals surface area (Å²) in [6, 6.07) is 1.65. The number of nitrogens with one attached hydrogen (secondary N) is 1. The standard InChI is InChI=1S/C12H19NS/c1-2-10-7-9(1)8-12(10)13-11-3-5-14-6-4-11/h1-2,9-13H,3-8H2/t9-,10+,12?/m1/s1. The molecule has 0 spiro atoms. The lowest BCUT2D eigenvalue weighted by molar-refractivity contribution is 0.370. The lowest BCUT2D eigenvalue weighted by Gasteiger charge is -2.29. The predicted molar refractivity (Wildman–Crippen MR) is 62.6 cm³/mol. The van der Waals surface area contributed by atoms with Crippen molar-refractivity contribution in [2.45, 2.75) is 37.8 Å². The molecule has 2 aliphatic carbocycles. The molecule has 1 aliphatic heterocycles. The Kier molecular flexibility index (Phi) is 2.59. The van der Waals surface area contributed by atoms with Gasteiger partial charge in [0.25, 0.3) is 0 Å². The summed E-state index contributed by atoms with van der Waals surface area (Å²) in [5, 5.41) is 3.88. The van der Waals surface area contributed by atoms with Crippen LogP contribution in [-0.2, 0) is 0 Å². The van der Waals surface area contributed by atoms with E-state index in [1.54, 1.807) is 0 Å². The van der Waals surface area contributed by atoms with Crippen LogP contribution in [0, 0.1) is 11.8 Å². The molecule has 3 atom stereocenters. The van der Waals surface area contributed by atoms with Crippen LogP contribution in [0.25, 0.3) is 0 Å². The fourth-order valence-corrected chi connectivity index (χ4v) is 4.25. The lowest BCUT2D eigenvalue weighted by Crippen LogP contribution is -2.42. The van der Waals surface area contributed by atoms with Gasteiger partial charge < -0.3 is 5.32 Å². The highest BCUT2D eigenvalue weighted by molar-refractivity contribution is 7.99. The third kappa shape index (κ3) is 1.74. The van der Waals surface area contributed by atoms with Gasteiger partial charge in [-0.25, -0.2) is 0 Å². The van der Waals surface area contributed by atoms with Gasteiger partial charge in [0, 0.05) is 12.1 Å². The molecule has 0 radical (unpaired) electrons. The quantitative estimate of drug-likeness (QED) is 0.701. The smallest absolute Gasteiger partial charge is 0.0138 e. The Morgan fingerprint density at radius 1 is 1.07 bits per heavy atom. The van der Waals surface area contributed by atoms with E-state index in [9.17, 15) is 0 Å². The van der Waals surface area contributed by atoms with Crippen LogP contribution in [0.2, 0.25) is 0 Å².